The van der Waals surface area contributed by atoms with Crippen molar-refractivity contribution in [1.29, 1.82) is 0 Å². The van der Waals surface area contributed by atoms with E-state index in [0.29, 0.717) is 34.3 Å². The maximum atomic E-state index is 12.7. The number of nitrogens with one attached hydrogen (secondary N) is 2. The van der Waals surface area contributed by atoms with E-state index in [4.69, 9.17) is 16.6 Å². The fourth-order valence-electron chi connectivity index (χ4n) is 4.48. The Hall–Kier alpha value is -2.26. The van der Waals surface area contributed by atoms with Crippen molar-refractivity contribution in [3.8, 4) is 10.6 Å². The van der Waals surface area contributed by atoms with Gasteiger partial charge in [0, 0.05) is 60.5 Å². The molecule has 3 aromatic rings. The van der Waals surface area contributed by atoms with Gasteiger partial charge in [0.1, 0.15) is 5.69 Å². The summed E-state index contributed by atoms with van der Waals surface area (Å²) in [6.07, 6.45) is 4.81. The third kappa shape index (κ3) is 5.35. The number of aromatic nitrogens is 2. The van der Waals surface area contributed by atoms with Crippen molar-refractivity contribution in [2.45, 2.75) is 38.3 Å². The van der Waals surface area contributed by atoms with Crippen molar-refractivity contribution in [2.24, 2.45) is 0 Å². The smallest absolute Gasteiger partial charge is 0.252 e. The third-order valence-corrected chi connectivity index (χ3v) is 7.95. The Morgan fingerprint density at radius 1 is 1.29 bits per heavy atom. The molecule has 1 aliphatic carbocycles. The van der Waals surface area contributed by atoms with E-state index >= 15 is 0 Å². The van der Waals surface area contributed by atoms with Crippen LogP contribution in [-0.4, -0.2) is 77.5 Å². The molecule has 34 heavy (non-hydrogen) atoms. The Morgan fingerprint density at radius 3 is 2.94 bits per heavy atom. The van der Waals surface area contributed by atoms with Gasteiger partial charge in [0.15, 0.2) is 0 Å². The van der Waals surface area contributed by atoms with Gasteiger partial charge in [-0.25, -0.2) is 9.97 Å². The average Bonchev–Trinajstić information content (AvgIpc) is 3.52. The molecule has 0 radical (unpaired) electrons. The number of rotatable bonds is 8. The van der Waals surface area contributed by atoms with Gasteiger partial charge in [0.25, 0.3) is 5.91 Å². The molecule has 0 spiro atoms. The van der Waals surface area contributed by atoms with Gasteiger partial charge in [0.05, 0.1) is 16.1 Å². The lowest BCUT2D eigenvalue weighted by Crippen LogP contribution is -2.50. The van der Waals surface area contributed by atoms with Crippen LogP contribution in [0.2, 0.25) is 5.02 Å². The van der Waals surface area contributed by atoms with Crippen LogP contribution in [0, 0.1) is 0 Å². The minimum Gasteiger partial charge on any atom is -0.354 e. The number of carbonyl (C=O) groups excluding carboxylic acids is 1. The molecule has 1 amide bonds. The van der Waals surface area contributed by atoms with Gasteiger partial charge in [-0.3, -0.25) is 9.69 Å². The Kier molecular flexibility index (Phi) is 7.01. The second kappa shape index (κ2) is 10.2. The summed E-state index contributed by atoms with van der Waals surface area (Å²) >= 11 is 8.09. The Bertz CT molecular complexity index is 1180. The highest BCUT2D eigenvalue weighted by molar-refractivity contribution is 7.22. The number of anilines is 1. The van der Waals surface area contributed by atoms with Crippen molar-refractivity contribution in [1.82, 2.24) is 25.1 Å². The molecular formula is C25H31ClN6OS. The van der Waals surface area contributed by atoms with Crippen LogP contribution in [0.5, 0.6) is 0 Å². The number of fused-ring (bicyclic) bond motifs is 1. The van der Waals surface area contributed by atoms with E-state index in [-0.39, 0.29) is 5.91 Å². The average molecular weight is 499 g/mol. The first-order valence-corrected chi connectivity index (χ1v) is 13.2. The minimum atomic E-state index is -0.0109. The topological polar surface area (TPSA) is 73.4 Å². The van der Waals surface area contributed by atoms with Crippen LogP contribution >= 0.6 is 22.9 Å². The summed E-state index contributed by atoms with van der Waals surface area (Å²) in [6, 6.07) is 8.78. The molecule has 0 bridgehead atoms. The van der Waals surface area contributed by atoms with Gasteiger partial charge >= 0.3 is 0 Å². The number of carbonyl (C=O) groups is 1. The summed E-state index contributed by atoms with van der Waals surface area (Å²) in [5, 5.41) is 7.89. The minimum absolute atomic E-state index is 0.0109. The number of amides is 1. The van der Waals surface area contributed by atoms with E-state index in [1.807, 2.05) is 24.3 Å². The number of likely N-dealkylation sites (N-methyl/N-ethyl adjacent to an activating group) is 1. The summed E-state index contributed by atoms with van der Waals surface area (Å²) in [5.74, 6) is 0.568. The number of nitrogens with zero attached hydrogens (tertiary/aromatic N) is 4. The molecule has 7 nitrogen and oxygen atoms in total. The van der Waals surface area contributed by atoms with Gasteiger partial charge in [-0.15, -0.1) is 11.3 Å². The molecule has 9 heteroatoms. The molecule has 2 N–H and O–H groups in total. The highest BCUT2D eigenvalue weighted by atomic mass is 35.5. The molecule has 5 rings (SSSR count). The monoisotopic (exact) mass is 498 g/mol. The predicted octanol–water partition coefficient (Wildman–Crippen LogP) is 4.34. The lowest BCUT2D eigenvalue weighted by molar-refractivity contribution is 0.0952. The maximum absolute atomic E-state index is 12.7. The fourth-order valence-corrected chi connectivity index (χ4v) is 5.82. The Balaban J connectivity index is 1.26. The van der Waals surface area contributed by atoms with Crippen LogP contribution < -0.4 is 10.6 Å². The maximum Gasteiger partial charge on any atom is 0.252 e. The van der Waals surface area contributed by atoms with Crippen molar-refractivity contribution in [3.05, 3.63) is 41.0 Å². The first-order chi connectivity index (χ1) is 16.5. The number of thiophene rings is 1. The zero-order valence-electron chi connectivity index (χ0n) is 19.7. The molecule has 2 fully saturated rings. The molecule has 1 saturated carbocycles. The van der Waals surface area contributed by atoms with Crippen molar-refractivity contribution < 1.29 is 4.79 Å². The normalized spacial score (nSPS) is 19.4. The summed E-state index contributed by atoms with van der Waals surface area (Å²) in [5.41, 5.74) is 1.40. The van der Waals surface area contributed by atoms with Crippen molar-refractivity contribution in [3.63, 3.8) is 0 Å². The van der Waals surface area contributed by atoms with Gasteiger partial charge < -0.3 is 15.5 Å². The number of hydrogen-bond donors (Lipinski definition) is 2. The molecule has 1 aromatic carbocycles. The molecule has 3 heterocycles. The Morgan fingerprint density at radius 2 is 2.15 bits per heavy atom. The van der Waals surface area contributed by atoms with Crippen LogP contribution in [-0.2, 0) is 0 Å². The number of piperazine rings is 1. The molecule has 0 unspecified atom stereocenters. The zero-order valence-corrected chi connectivity index (χ0v) is 21.3. The molecule has 2 aliphatic rings. The molecular weight excluding hydrogens is 468 g/mol. The third-order valence-electron chi connectivity index (χ3n) is 6.57. The van der Waals surface area contributed by atoms with Gasteiger partial charge in [-0.2, -0.15) is 0 Å². The van der Waals surface area contributed by atoms with E-state index in [1.54, 1.807) is 17.5 Å². The van der Waals surface area contributed by atoms with Crippen molar-refractivity contribution in [2.75, 3.05) is 45.1 Å². The van der Waals surface area contributed by atoms with Crippen LogP contribution in [0.3, 0.4) is 0 Å². The fraction of sp³-hybridized carbons (Fsp3) is 0.480. The Labute approximate surface area is 209 Å². The summed E-state index contributed by atoms with van der Waals surface area (Å²) in [7, 11) is 2.19. The highest BCUT2D eigenvalue weighted by Gasteiger charge is 2.25. The van der Waals surface area contributed by atoms with Crippen LogP contribution in [0.4, 0.5) is 5.95 Å². The van der Waals surface area contributed by atoms with E-state index in [9.17, 15) is 4.79 Å². The molecule has 1 saturated heterocycles. The lowest BCUT2D eigenvalue weighted by Gasteiger charge is -2.38. The summed E-state index contributed by atoms with van der Waals surface area (Å²) in [4.78, 5) is 27.7. The second-order valence-corrected chi connectivity index (χ2v) is 10.9. The zero-order chi connectivity index (χ0) is 23.7. The van der Waals surface area contributed by atoms with Crippen LogP contribution in [0.1, 0.15) is 36.5 Å². The highest BCUT2D eigenvalue weighted by Crippen LogP contribution is 2.37. The van der Waals surface area contributed by atoms with E-state index in [2.05, 4.69) is 39.4 Å². The lowest BCUT2D eigenvalue weighted by atomic mass is 10.1. The first kappa shape index (κ1) is 23.5. The standard InChI is InChI=1S/C25H31ClN6OS/c1-16-15-31(2)11-12-32(16)10-4-9-27-25-28-14-20(26)23(30-25)22-13-19-18(5-3-6-21(19)34-22)24(33)29-17-7-8-17/h3,5-6,13-14,16-17H,4,7-12,15H2,1-2H3,(H,29,33)(H,27,28,30)/t16-/m0/s1. The molecule has 2 aromatic heterocycles. The van der Waals surface area contributed by atoms with Gasteiger partial charge in [-0.05, 0) is 51.4 Å². The largest absolute Gasteiger partial charge is 0.354 e. The first-order valence-electron chi connectivity index (χ1n) is 12.0. The second-order valence-electron chi connectivity index (χ2n) is 9.39. The van der Waals surface area contributed by atoms with Gasteiger partial charge in [0.2, 0.25) is 5.95 Å². The van der Waals surface area contributed by atoms with Crippen molar-refractivity contribution >= 4 is 44.9 Å². The van der Waals surface area contributed by atoms with Gasteiger partial charge in [-0.1, -0.05) is 17.7 Å². The number of hydrogen-bond acceptors (Lipinski definition) is 7. The molecule has 1 aliphatic heterocycles. The van der Waals surface area contributed by atoms with E-state index in [1.165, 1.54) is 0 Å². The molecule has 180 valence electrons. The van der Waals surface area contributed by atoms with Crippen LogP contribution in [0.25, 0.3) is 20.7 Å². The van der Waals surface area contributed by atoms with E-state index in [0.717, 1.165) is 66.9 Å². The summed E-state index contributed by atoms with van der Waals surface area (Å²) in [6.45, 7) is 7.52. The van der Waals surface area contributed by atoms with Crippen LogP contribution in [0.15, 0.2) is 30.5 Å². The summed E-state index contributed by atoms with van der Waals surface area (Å²) < 4.78 is 1.05. The van der Waals surface area contributed by atoms with E-state index < -0.39 is 0 Å². The molecule has 1 atom stereocenters. The SMILES string of the molecule is C[C@H]1CN(C)CCN1CCCNc1ncc(Cl)c(-c2cc3c(C(=O)NC4CC4)cccc3s2)n1. The number of benzene rings is 1. The predicted molar refractivity (Wildman–Crippen MR) is 140 cm³/mol. The quantitative estimate of drug-likeness (QED) is 0.450. The number of halogens is 1.